The lowest BCUT2D eigenvalue weighted by Gasteiger charge is -2.13. The molecule has 0 aliphatic rings. The lowest BCUT2D eigenvalue weighted by atomic mass is 10.00. The fourth-order valence-electron chi connectivity index (χ4n) is 1.70. The van der Waals surface area contributed by atoms with Crippen LogP contribution in [0.25, 0.3) is 0 Å². The summed E-state index contributed by atoms with van der Waals surface area (Å²) in [5.41, 5.74) is 6.37. The quantitative estimate of drug-likeness (QED) is 0.723. The third kappa shape index (κ3) is 4.37. The first kappa shape index (κ1) is 14.5. The van der Waals surface area contributed by atoms with E-state index < -0.39 is 0 Å². The van der Waals surface area contributed by atoms with Crippen molar-refractivity contribution in [2.24, 2.45) is 5.73 Å². The van der Waals surface area contributed by atoms with Crippen LogP contribution in [0.15, 0.2) is 24.3 Å². The Bertz CT molecular complexity index is 380. The number of amides is 1. The van der Waals surface area contributed by atoms with Crippen molar-refractivity contribution in [2.75, 3.05) is 20.2 Å². The molecule has 0 heterocycles. The molecule has 18 heavy (non-hydrogen) atoms. The second kappa shape index (κ2) is 7.71. The predicted molar refractivity (Wildman–Crippen MR) is 72.7 cm³/mol. The number of benzene rings is 1. The third-order valence-electron chi connectivity index (χ3n) is 2.92. The van der Waals surface area contributed by atoms with E-state index in [-0.39, 0.29) is 11.8 Å². The number of nitrogens with two attached hydrogens (primary N) is 1. The van der Waals surface area contributed by atoms with Gasteiger partial charge in [-0.25, -0.2) is 0 Å². The highest BCUT2D eigenvalue weighted by atomic mass is 16.5. The van der Waals surface area contributed by atoms with Crippen LogP contribution in [-0.4, -0.2) is 26.1 Å². The first-order valence-electron chi connectivity index (χ1n) is 6.30. The molecule has 1 aromatic rings. The van der Waals surface area contributed by atoms with Crippen LogP contribution in [0.1, 0.15) is 31.2 Å². The monoisotopic (exact) mass is 250 g/mol. The van der Waals surface area contributed by atoms with Crippen molar-refractivity contribution in [3.8, 4) is 5.75 Å². The Balaban J connectivity index is 2.51. The molecule has 1 amide bonds. The fraction of sp³-hybridized carbons (Fsp3) is 0.500. The van der Waals surface area contributed by atoms with Crippen LogP contribution in [0.2, 0.25) is 0 Å². The predicted octanol–water partition coefficient (Wildman–Crippen LogP) is 1.65. The molecule has 1 atom stereocenters. The third-order valence-corrected chi connectivity index (χ3v) is 2.92. The van der Waals surface area contributed by atoms with Gasteiger partial charge in [-0.2, -0.15) is 0 Å². The van der Waals surface area contributed by atoms with Gasteiger partial charge in [-0.15, -0.1) is 0 Å². The average Bonchev–Trinajstić information content (AvgIpc) is 2.42. The van der Waals surface area contributed by atoms with Crippen molar-refractivity contribution in [3.63, 3.8) is 0 Å². The van der Waals surface area contributed by atoms with Gasteiger partial charge in [0, 0.05) is 6.54 Å². The highest BCUT2D eigenvalue weighted by Crippen LogP contribution is 2.20. The maximum absolute atomic E-state index is 11.9. The highest BCUT2D eigenvalue weighted by Gasteiger charge is 2.14. The number of hydrogen-bond donors (Lipinski definition) is 2. The van der Waals surface area contributed by atoms with E-state index in [4.69, 9.17) is 10.5 Å². The largest absolute Gasteiger partial charge is 0.497 e. The van der Waals surface area contributed by atoms with E-state index in [9.17, 15) is 4.79 Å². The topological polar surface area (TPSA) is 64.3 Å². The molecule has 1 aromatic carbocycles. The van der Waals surface area contributed by atoms with Crippen LogP contribution in [0.4, 0.5) is 0 Å². The number of ether oxygens (including phenoxy) is 1. The van der Waals surface area contributed by atoms with Gasteiger partial charge in [0.2, 0.25) is 5.91 Å². The maximum atomic E-state index is 11.9. The van der Waals surface area contributed by atoms with Gasteiger partial charge in [0.1, 0.15) is 5.75 Å². The summed E-state index contributed by atoms with van der Waals surface area (Å²) in [6, 6.07) is 7.60. The molecule has 1 rings (SSSR count). The second-order valence-electron chi connectivity index (χ2n) is 4.29. The fourth-order valence-corrected chi connectivity index (χ4v) is 1.70. The molecule has 100 valence electrons. The van der Waals surface area contributed by atoms with Gasteiger partial charge in [-0.05, 0) is 44.0 Å². The Labute approximate surface area is 109 Å². The van der Waals surface area contributed by atoms with Gasteiger partial charge in [-0.3, -0.25) is 4.79 Å². The molecule has 0 spiro atoms. The van der Waals surface area contributed by atoms with E-state index >= 15 is 0 Å². The minimum absolute atomic E-state index is 0.0419. The summed E-state index contributed by atoms with van der Waals surface area (Å²) in [5.74, 6) is 0.647. The van der Waals surface area contributed by atoms with Gasteiger partial charge in [0.25, 0.3) is 0 Å². The molecule has 0 saturated carbocycles. The van der Waals surface area contributed by atoms with Crippen molar-refractivity contribution in [1.29, 1.82) is 0 Å². The smallest absolute Gasteiger partial charge is 0.227 e. The summed E-state index contributed by atoms with van der Waals surface area (Å²) in [6.45, 7) is 3.25. The SMILES string of the molecule is COc1cccc(C(C)C(=O)NCCCCN)c1. The van der Waals surface area contributed by atoms with E-state index in [0.29, 0.717) is 13.1 Å². The summed E-state index contributed by atoms with van der Waals surface area (Å²) in [6.07, 6.45) is 1.86. The van der Waals surface area contributed by atoms with Crippen molar-refractivity contribution in [3.05, 3.63) is 29.8 Å². The van der Waals surface area contributed by atoms with Crippen LogP contribution in [-0.2, 0) is 4.79 Å². The average molecular weight is 250 g/mol. The Morgan fingerprint density at radius 2 is 2.22 bits per heavy atom. The Kier molecular flexibility index (Phi) is 6.22. The molecule has 0 bridgehead atoms. The van der Waals surface area contributed by atoms with Crippen LogP contribution in [0.3, 0.4) is 0 Å². The maximum Gasteiger partial charge on any atom is 0.227 e. The Hall–Kier alpha value is -1.55. The number of nitrogens with one attached hydrogen (secondary N) is 1. The lowest BCUT2D eigenvalue weighted by molar-refractivity contribution is -0.122. The molecule has 0 saturated heterocycles. The molecule has 3 N–H and O–H groups in total. The Morgan fingerprint density at radius 1 is 1.44 bits per heavy atom. The number of methoxy groups -OCH3 is 1. The molecule has 1 unspecified atom stereocenters. The van der Waals surface area contributed by atoms with Gasteiger partial charge in [-0.1, -0.05) is 12.1 Å². The van der Waals surface area contributed by atoms with Crippen molar-refractivity contribution < 1.29 is 9.53 Å². The zero-order valence-electron chi connectivity index (χ0n) is 11.1. The summed E-state index contributed by atoms with van der Waals surface area (Å²) < 4.78 is 5.15. The molecular weight excluding hydrogens is 228 g/mol. The Morgan fingerprint density at radius 3 is 2.89 bits per heavy atom. The molecule has 0 aliphatic carbocycles. The van der Waals surface area contributed by atoms with E-state index in [1.165, 1.54) is 0 Å². The van der Waals surface area contributed by atoms with Crippen molar-refractivity contribution >= 4 is 5.91 Å². The number of carbonyl (C=O) groups is 1. The van der Waals surface area contributed by atoms with Gasteiger partial charge < -0.3 is 15.8 Å². The van der Waals surface area contributed by atoms with Gasteiger partial charge in [0.05, 0.1) is 13.0 Å². The minimum atomic E-state index is -0.169. The second-order valence-corrected chi connectivity index (χ2v) is 4.29. The molecule has 0 fully saturated rings. The molecule has 0 aromatic heterocycles. The first-order valence-corrected chi connectivity index (χ1v) is 6.30. The molecule has 0 aliphatic heterocycles. The summed E-state index contributed by atoms with van der Waals surface area (Å²) in [5, 5.41) is 2.92. The van der Waals surface area contributed by atoms with Crippen LogP contribution in [0.5, 0.6) is 5.75 Å². The number of rotatable bonds is 7. The number of carbonyl (C=O) groups excluding carboxylic acids is 1. The van der Waals surface area contributed by atoms with Crippen LogP contribution in [0, 0.1) is 0 Å². The number of hydrogen-bond acceptors (Lipinski definition) is 3. The molecule has 0 radical (unpaired) electrons. The van der Waals surface area contributed by atoms with Crippen LogP contribution >= 0.6 is 0 Å². The van der Waals surface area contributed by atoms with Crippen LogP contribution < -0.4 is 15.8 Å². The van der Waals surface area contributed by atoms with E-state index in [1.54, 1.807) is 7.11 Å². The summed E-state index contributed by atoms with van der Waals surface area (Å²) >= 11 is 0. The number of unbranched alkanes of at least 4 members (excludes halogenated alkanes) is 1. The van der Waals surface area contributed by atoms with E-state index in [2.05, 4.69) is 5.32 Å². The molecular formula is C14H22N2O2. The first-order chi connectivity index (χ1) is 8.69. The van der Waals surface area contributed by atoms with Crippen molar-refractivity contribution in [2.45, 2.75) is 25.7 Å². The molecule has 4 heteroatoms. The highest BCUT2D eigenvalue weighted by molar-refractivity contribution is 5.83. The van der Waals surface area contributed by atoms with E-state index in [1.807, 2.05) is 31.2 Å². The summed E-state index contributed by atoms with van der Waals surface area (Å²) in [7, 11) is 1.62. The minimum Gasteiger partial charge on any atom is -0.497 e. The summed E-state index contributed by atoms with van der Waals surface area (Å²) in [4.78, 5) is 11.9. The molecule has 4 nitrogen and oxygen atoms in total. The van der Waals surface area contributed by atoms with Crippen molar-refractivity contribution in [1.82, 2.24) is 5.32 Å². The van der Waals surface area contributed by atoms with E-state index in [0.717, 1.165) is 24.2 Å². The van der Waals surface area contributed by atoms with Gasteiger partial charge >= 0.3 is 0 Å². The lowest BCUT2D eigenvalue weighted by Crippen LogP contribution is -2.29. The standard InChI is InChI=1S/C14H22N2O2/c1-11(14(17)16-9-4-3-8-15)12-6-5-7-13(10-12)18-2/h5-7,10-11H,3-4,8-9,15H2,1-2H3,(H,16,17). The zero-order chi connectivity index (χ0) is 13.4. The zero-order valence-corrected chi connectivity index (χ0v) is 11.1. The normalized spacial score (nSPS) is 11.9. The van der Waals surface area contributed by atoms with Gasteiger partial charge in [0.15, 0.2) is 0 Å².